The third-order valence-corrected chi connectivity index (χ3v) is 6.50. The van der Waals surface area contributed by atoms with Crippen molar-refractivity contribution >= 4 is 15.9 Å². The number of amides is 1. The third-order valence-electron chi connectivity index (χ3n) is 4.63. The third kappa shape index (κ3) is 5.37. The van der Waals surface area contributed by atoms with Gasteiger partial charge in [-0.2, -0.15) is 4.31 Å². The van der Waals surface area contributed by atoms with E-state index in [0.717, 1.165) is 4.31 Å². The number of carbonyl (C=O) groups is 1. The molecule has 2 aromatic carbocycles. The van der Waals surface area contributed by atoms with Crippen molar-refractivity contribution in [3.63, 3.8) is 0 Å². The highest BCUT2D eigenvalue weighted by molar-refractivity contribution is 7.89. The number of hydroxylamine groups is 1. The van der Waals surface area contributed by atoms with Crippen molar-refractivity contribution in [2.75, 3.05) is 0 Å². The van der Waals surface area contributed by atoms with Gasteiger partial charge in [0.25, 0.3) is 5.91 Å². The number of aromatic nitrogens is 1. The number of hydrogen-bond acceptors (Lipinski definition) is 7. The lowest BCUT2D eigenvalue weighted by molar-refractivity contribution is -0.133. The van der Waals surface area contributed by atoms with Gasteiger partial charge in [0.05, 0.1) is 4.90 Å². The first kappa shape index (κ1) is 22.2. The van der Waals surface area contributed by atoms with Crippen LogP contribution in [0.2, 0.25) is 0 Å². The number of carbonyl (C=O) groups excluding carboxylic acids is 1. The second-order valence-electron chi connectivity index (χ2n) is 6.77. The molecule has 0 bridgehead atoms. The zero-order valence-electron chi connectivity index (χ0n) is 16.3. The average Bonchev–Trinajstić information content (AvgIpc) is 2.78. The molecule has 0 unspecified atom stereocenters. The van der Waals surface area contributed by atoms with E-state index in [9.17, 15) is 28.6 Å². The molecule has 9 nitrogen and oxygen atoms in total. The molecule has 3 aromatic rings. The Balaban J connectivity index is 2.07. The van der Waals surface area contributed by atoms with Crippen LogP contribution in [0, 0.1) is 0 Å². The number of nitrogens with one attached hydrogen (secondary N) is 1. The number of nitrogens with zero attached hydrogens (tertiary/aromatic N) is 2. The number of aromatic hydroxyl groups is 2. The summed E-state index contributed by atoms with van der Waals surface area (Å²) in [6.45, 7) is -0.187. The second-order valence-corrected chi connectivity index (χ2v) is 8.66. The van der Waals surface area contributed by atoms with Crippen molar-refractivity contribution < 1.29 is 28.6 Å². The van der Waals surface area contributed by atoms with E-state index in [0.29, 0.717) is 11.1 Å². The van der Waals surface area contributed by atoms with Crippen molar-refractivity contribution in [1.29, 1.82) is 0 Å². The Bertz CT molecular complexity index is 1120. The van der Waals surface area contributed by atoms with Crippen LogP contribution in [0.25, 0.3) is 0 Å². The van der Waals surface area contributed by atoms with E-state index < -0.39 is 22.0 Å². The first-order valence-corrected chi connectivity index (χ1v) is 10.7. The molecule has 1 atom stereocenters. The molecule has 4 N–H and O–H groups in total. The molecule has 0 radical (unpaired) electrons. The summed E-state index contributed by atoms with van der Waals surface area (Å²) in [5, 5.41) is 28.3. The van der Waals surface area contributed by atoms with E-state index >= 15 is 0 Å². The van der Waals surface area contributed by atoms with Crippen LogP contribution < -0.4 is 5.48 Å². The summed E-state index contributed by atoms with van der Waals surface area (Å²) in [5.74, 6) is -0.998. The highest BCUT2D eigenvalue weighted by atomic mass is 32.2. The molecule has 1 aromatic heterocycles. The Morgan fingerprint density at radius 3 is 2.13 bits per heavy atom. The average molecular weight is 443 g/mol. The molecule has 1 amide bonds. The first-order chi connectivity index (χ1) is 14.8. The number of phenols is 2. The van der Waals surface area contributed by atoms with Gasteiger partial charge in [-0.25, -0.2) is 13.9 Å². The van der Waals surface area contributed by atoms with Gasteiger partial charge in [0.2, 0.25) is 10.0 Å². The Morgan fingerprint density at radius 2 is 1.58 bits per heavy atom. The number of pyridine rings is 1. The minimum atomic E-state index is -4.23. The molecule has 0 fully saturated rings. The lowest BCUT2D eigenvalue weighted by Crippen LogP contribution is -2.49. The Morgan fingerprint density at radius 1 is 0.968 bits per heavy atom. The van der Waals surface area contributed by atoms with E-state index in [2.05, 4.69) is 4.98 Å². The molecule has 31 heavy (non-hydrogen) atoms. The van der Waals surface area contributed by atoms with E-state index in [1.54, 1.807) is 29.7 Å². The summed E-state index contributed by atoms with van der Waals surface area (Å²) in [6, 6.07) is 12.9. The fraction of sp³-hybridized carbons (Fsp3) is 0.143. The highest BCUT2D eigenvalue weighted by Gasteiger charge is 2.36. The van der Waals surface area contributed by atoms with Crippen molar-refractivity contribution in [3.8, 4) is 11.5 Å². The summed E-state index contributed by atoms with van der Waals surface area (Å²) in [4.78, 5) is 16.4. The van der Waals surface area contributed by atoms with Crippen molar-refractivity contribution in [3.05, 3.63) is 84.2 Å². The van der Waals surface area contributed by atoms with Crippen LogP contribution in [-0.4, -0.2) is 45.1 Å². The number of rotatable bonds is 8. The quantitative estimate of drug-likeness (QED) is 0.307. The molecule has 0 aliphatic rings. The van der Waals surface area contributed by atoms with Crippen LogP contribution in [-0.2, 0) is 27.8 Å². The molecule has 3 rings (SSSR count). The number of hydrogen-bond donors (Lipinski definition) is 4. The highest BCUT2D eigenvalue weighted by Crippen LogP contribution is 2.25. The van der Waals surface area contributed by atoms with Crippen LogP contribution in [0.15, 0.2) is 78.0 Å². The first-order valence-electron chi connectivity index (χ1n) is 9.23. The molecule has 0 saturated carbocycles. The summed E-state index contributed by atoms with van der Waals surface area (Å²) in [6.07, 6.45) is 2.95. The summed E-state index contributed by atoms with van der Waals surface area (Å²) in [7, 11) is -4.23. The minimum Gasteiger partial charge on any atom is -0.508 e. The van der Waals surface area contributed by atoms with Crippen molar-refractivity contribution in [1.82, 2.24) is 14.8 Å². The van der Waals surface area contributed by atoms with Crippen molar-refractivity contribution in [2.45, 2.75) is 23.9 Å². The summed E-state index contributed by atoms with van der Waals surface area (Å²) in [5.41, 5.74) is 2.65. The van der Waals surface area contributed by atoms with E-state index in [-0.39, 0.29) is 29.4 Å². The maximum Gasteiger partial charge on any atom is 0.262 e. The zero-order chi connectivity index (χ0) is 22.4. The molecule has 10 heteroatoms. The van der Waals surface area contributed by atoms with E-state index in [4.69, 9.17) is 0 Å². The predicted octanol–water partition coefficient (Wildman–Crippen LogP) is 1.80. The van der Waals surface area contributed by atoms with Crippen LogP contribution in [0.3, 0.4) is 0 Å². The van der Waals surface area contributed by atoms with Gasteiger partial charge in [-0.3, -0.25) is 15.0 Å². The largest absolute Gasteiger partial charge is 0.508 e. The molecule has 0 aliphatic carbocycles. The maximum absolute atomic E-state index is 13.5. The number of phenolic OH excluding ortho intramolecular Hbond substituents is 2. The smallest absolute Gasteiger partial charge is 0.262 e. The molecule has 1 heterocycles. The normalized spacial score (nSPS) is 12.5. The van der Waals surface area contributed by atoms with Gasteiger partial charge in [0.1, 0.15) is 17.5 Å². The van der Waals surface area contributed by atoms with Gasteiger partial charge in [-0.15, -0.1) is 0 Å². The van der Waals surface area contributed by atoms with Gasteiger partial charge >= 0.3 is 0 Å². The molecular formula is C21H21N3O6S. The Hall–Kier alpha value is -3.47. The van der Waals surface area contributed by atoms with E-state index in [1.165, 1.54) is 48.8 Å². The topological polar surface area (TPSA) is 140 Å². The second kappa shape index (κ2) is 9.56. The van der Waals surface area contributed by atoms with Crippen LogP contribution in [0.5, 0.6) is 11.5 Å². The Labute approximate surface area is 179 Å². The molecule has 0 aliphatic heterocycles. The molecular weight excluding hydrogens is 422 g/mol. The van der Waals surface area contributed by atoms with Gasteiger partial charge in [0, 0.05) is 18.9 Å². The predicted molar refractivity (Wildman–Crippen MR) is 111 cm³/mol. The van der Waals surface area contributed by atoms with Crippen LogP contribution >= 0.6 is 0 Å². The SMILES string of the molecule is O=C(NO)[C@@H](Cc1ccc(O)cc1)N(Cc1cccnc1)S(=O)(=O)c1ccc(O)cc1. The van der Waals surface area contributed by atoms with Crippen LogP contribution in [0.4, 0.5) is 0 Å². The number of sulfonamides is 1. The molecule has 162 valence electrons. The number of benzene rings is 2. The fourth-order valence-corrected chi connectivity index (χ4v) is 4.62. The Kier molecular flexibility index (Phi) is 6.85. The van der Waals surface area contributed by atoms with Crippen molar-refractivity contribution in [2.24, 2.45) is 0 Å². The van der Waals surface area contributed by atoms with Gasteiger partial charge < -0.3 is 10.2 Å². The summed E-state index contributed by atoms with van der Waals surface area (Å²) < 4.78 is 27.9. The standard InChI is InChI=1S/C21H21N3O6S/c25-17-5-3-15(4-6-17)12-20(21(27)23-28)24(14-16-2-1-11-22-13-16)31(29,30)19-9-7-18(26)8-10-19/h1-11,13,20,25-26,28H,12,14H2,(H,23,27)/t20-/m1/s1. The van der Waals surface area contributed by atoms with Gasteiger partial charge in [-0.05, 0) is 60.0 Å². The molecule has 0 spiro atoms. The summed E-state index contributed by atoms with van der Waals surface area (Å²) >= 11 is 0. The monoisotopic (exact) mass is 443 g/mol. The fourth-order valence-electron chi connectivity index (χ4n) is 3.04. The lowest BCUT2D eigenvalue weighted by Gasteiger charge is -2.29. The van der Waals surface area contributed by atoms with Gasteiger partial charge in [-0.1, -0.05) is 18.2 Å². The van der Waals surface area contributed by atoms with E-state index in [1.807, 2.05) is 0 Å². The zero-order valence-corrected chi connectivity index (χ0v) is 17.1. The van der Waals surface area contributed by atoms with Crippen LogP contribution in [0.1, 0.15) is 11.1 Å². The maximum atomic E-state index is 13.5. The lowest BCUT2D eigenvalue weighted by atomic mass is 10.0. The molecule has 0 saturated heterocycles. The minimum absolute atomic E-state index is 0.0239. The van der Waals surface area contributed by atoms with Gasteiger partial charge in [0.15, 0.2) is 0 Å².